The van der Waals surface area contributed by atoms with Gasteiger partial charge in [0.1, 0.15) is 0 Å². The van der Waals surface area contributed by atoms with E-state index < -0.39 is 18.0 Å². The average Bonchev–Trinajstić information content (AvgIpc) is 2.20. The molecule has 17 heavy (non-hydrogen) atoms. The lowest BCUT2D eigenvalue weighted by Gasteiger charge is -2.02. The monoisotopic (exact) mass is 244 g/mol. The van der Waals surface area contributed by atoms with Crippen molar-refractivity contribution in [1.82, 2.24) is 0 Å². The maximum Gasteiger partial charge on any atom is 0.305 e. The van der Waals surface area contributed by atoms with Crippen molar-refractivity contribution in [3.63, 3.8) is 0 Å². The van der Waals surface area contributed by atoms with E-state index in [0.29, 0.717) is 12.8 Å². The van der Waals surface area contributed by atoms with E-state index in [1.165, 1.54) is 0 Å². The van der Waals surface area contributed by atoms with Crippen LogP contribution in [0.15, 0.2) is 12.2 Å². The molecule has 0 aliphatic carbocycles. The van der Waals surface area contributed by atoms with Crippen molar-refractivity contribution in [2.24, 2.45) is 0 Å². The number of rotatable bonds is 10. The highest BCUT2D eigenvalue weighted by Gasteiger charge is 2.06. The van der Waals surface area contributed by atoms with Crippen LogP contribution in [0.2, 0.25) is 0 Å². The molecule has 5 nitrogen and oxygen atoms in total. The second kappa shape index (κ2) is 9.84. The smallest absolute Gasteiger partial charge is 0.305 e. The number of aliphatic carboxylic acids is 2. The number of carboxylic acid groups (broad SMARTS) is 2. The van der Waals surface area contributed by atoms with Gasteiger partial charge in [0.2, 0.25) is 0 Å². The first-order valence-electron chi connectivity index (χ1n) is 5.79. The Balaban J connectivity index is 3.36. The number of carbonyl (C=O) groups is 2. The predicted molar refractivity (Wildman–Crippen MR) is 62.7 cm³/mol. The van der Waals surface area contributed by atoms with E-state index in [4.69, 9.17) is 10.2 Å². The standard InChI is InChI=1S/C12H20O5/c13-10(9-12(16)17)7-5-3-1-2-4-6-8-11(14)15/h3,5,10,13H,1-2,4,6-9H2,(H,14,15)(H,16,17)/b5-3+. The number of aliphatic hydroxyl groups is 1. The summed E-state index contributed by atoms with van der Waals surface area (Å²) in [5.74, 6) is -1.77. The van der Waals surface area contributed by atoms with E-state index in [0.717, 1.165) is 19.3 Å². The van der Waals surface area contributed by atoms with Gasteiger partial charge in [-0.25, -0.2) is 0 Å². The van der Waals surface area contributed by atoms with E-state index in [2.05, 4.69) is 0 Å². The third-order valence-electron chi connectivity index (χ3n) is 2.25. The van der Waals surface area contributed by atoms with Gasteiger partial charge in [0.25, 0.3) is 0 Å². The number of carboxylic acids is 2. The van der Waals surface area contributed by atoms with E-state index in [9.17, 15) is 14.7 Å². The Morgan fingerprint density at radius 3 is 2.29 bits per heavy atom. The van der Waals surface area contributed by atoms with Crippen LogP contribution in [0.25, 0.3) is 0 Å². The lowest BCUT2D eigenvalue weighted by atomic mass is 10.1. The lowest BCUT2D eigenvalue weighted by molar-refractivity contribution is -0.139. The average molecular weight is 244 g/mol. The SMILES string of the molecule is O=C(O)CCCCC/C=C/CC(O)CC(=O)O. The highest BCUT2D eigenvalue weighted by atomic mass is 16.4. The molecule has 0 saturated heterocycles. The van der Waals surface area contributed by atoms with Crippen molar-refractivity contribution in [1.29, 1.82) is 0 Å². The molecule has 0 aromatic rings. The number of hydrogen-bond donors (Lipinski definition) is 3. The summed E-state index contributed by atoms with van der Waals surface area (Å²) < 4.78 is 0. The zero-order valence-corrected chi connectivity index (χ0v) is 9.84. The van der Waals surface area contributed by atoms with Crippen LogP contribution in [0, 0.1) is 0 Å². The highest BCUT2D eigenvalue weighted by molar-refractivity contribution is 5.67. The molecule has 0 aromatic carbocycles. The molecule has 1 unspecified atom stereocenters. The molecule has 0 spiro atoms. The Bertz CT molecular complexity index is 260. The van der Waals surface area contributed by atoms with Crippen LogP contribution >= 0.6 is 0 Å². The summed E-state index contributed by atoms with van der Waals surface area (Å²) in [7, 11) is 0. The summed E-state index contributed by atoms with van der Waals surface area (Å²) in [4.78, 5) is 20.4. The van der Waals surface area contributed by atoms with Gasteiger partial charge < -0.3 is 15.3 Å². The molecule has 0 saturated carbocycles. The van der Waals surface area contributed by atoms with Gasteiger partial charge in [-0.05, 0) is 25.7 Å². The van der Waals surface area contributed by atoms with Gasteiger partial charge in [-0.15, -0.1) is 0 Å². The Labute approximate surface area is 101 Å². The van der Waals surface area contributed by atoms with Crippen molar-refractivity contribution in [3.8, 4) is 0 Å². The summed E-state index contributed by atoms with van der Waals surface area (Å²) in [6.07, 6.45) is 6.47. The fourth-order valence-corrected chi connectivity index (χ4v) is 1.37. The Hall–Kier alpha value is -1.36. The molecule has 0 aliphatic heterocycles. The van der Waals surface area contributed by atoms with Crippen molar-refractivity contribution in [2.75, 3.05) is 0 Å². The van der Waals surface area contributed by atoms with E-state index in [1.54, 1.807) is 6.08 Å². The first-order chi connectivity index (χ1) is 8.02. The van der Waals surface area contributed by atoms with Crippen LogP contribution < -0.4 is 0 Å². The number of aliphatic hydroxyl groups excluding tert-OH is 1. The molecule has 0 fully saturated rings. The molecule has 98 valence electrons. The van der Waals surface area contributed by atoms with Crippen molar-refractivity contribution in [3.05, 3.63) is 12.2 Å². The highest BCUT2D eigenvalue weighted by Crippen LogP contribution is 2.05. The summed E-state index contributed by atoms with van der Waals surface area (Å²) >= 11 is 0. The number of hydrogen-bond acceptors (Lipinski definition) is 3. The molecule has 0 rings (SSSR count). The quantitative estimate of drug-likeness (QED) is 0.402. The van der Waals surface area contributed by atoms with Crippen LogP contribution in [0.4, 0.5) is 0 Å². The maximum absolute atomic E-state index is 10.2. The molecule has 1 atom stereocenters. The van der Waals surface area contributed by atoms with Gasteiger partial charge in [0.05, 0.1) is 12.5 Å². The first-order valence-corrected chi connectivity index (χ1v) is 5.79. The van der Waals surface area contributed by atoms with Gasteiger partial charge in [0.15, 0.2) is 0 Å². The largest absolute Gasteiger partial charge is 0.481 e. The zero-order chi connectivity index (χ0) is 13.1. The van der Waals surface area contributed by atoms with Crippen molar-refractivity contribution < 1.29 is 24.9 Å². The topological polar surface area (TPSA) is 94.8 Å². The summed E-state index contributed by atoms with van der Waals surface area (Å²) in [5.41, 5.74) is 0. The van der Waals surface area contributed by atoms with Gasteiger partial charge in [0, 0.05) is 6.42 Å². The zero-order valence-electron chi connectivity index (χ0n) is 9.84. The van der Waals surface area contributed by atoms with Crippen LogP contribution in [0.3, 0.4) is 0 Å². The molecule has 0 radical (unpaired) electrons. The fourth-order valence-electron chi connectivity index (χ4n) is 1.37. The maximum atomic E-state index is 10.2. The van der Waals surface area contributed by atoms with Crippen LogP contribution in [-0.2, 0) is 9.59 Å². The first kappa shape index (κ1) is 15.6. The van der Waals surface area contributed by atoms with Crippen LogP contribution in [-0.4, -0.2) is 33.4 Å². The second-order valence-corrected chi connectivity index (χ2v) is 3.95. The third-order valence-corrected chi connectivity index (χ3v) is 2.25. The minimum Gasteiger partial charge on any atom is -0.481 e. The molecule has 0 bridgehead atoms. The Morgan fingerprint density at radius 2 is 1.71 bits per heavy atom. The van der Waals surface area contributed by atoms with E-state index in [1.807, 2.05) is 6.08 Å². The normalized spacial score (nSPS) is 12.8. The molecular weight excluding hydrogens is 224 g/mol. The molecule has 3 N–H and O–H groups in total. The minimum atomic E-state index is -1.00. The number of allylic oxidation sites excluding steroid dienone is 1. The molecule has 0 amide bonds. The summed E-state index contributed by atoms with van der Waals surface area (Å²) in [6, 6.07) is 0. The Morgan fingerprint density at radius 1 is 1.00 bits per heavy atom. The lowest BCUT2D eigenvalue weighted by Crippen LogP contribution is -2.11. The predicted octanol–water partition coefficient (Wildman–Crippen LogP) is 1.80. The van der Waals surface area contributed by atoms with Crippen LogP contribution in [0.5, 0.6) is 0 Å². The second-order valence-electron chi connectivity index (χ2n) is 3.95. The number of unbranched alkanes of at least 4 members (excludes halogenated alkanes) is 3. The van der Waals surface area contributed by atoms with E-state index >= 15 is 0 Å². The minimum absolute atomic E-state index is 0.209. The fraction of sp³-hybridized carbons (Fsp3) is 0.667. The molecule has 0 aliphatic rings. The van der Waals surface area contributed by atoms with Crippen molar-refractivity contribution in [2.45, 2.75) is 51.0 Å². The van der Waals surface area contributed by atoms with Crippen molar-refractivity contribution >= 4 is 11.9 Å². The van der Waals surface area contributed by atoms with E-state index in [-0.39, 0.29) is 12.8 Å². The Kier molecular flexibility index (Phi) is 9.05. The van der Waals surface area contributed by atoms with Gasteiger partial charge >= 0.3 is 11.9 Å². The summed E-state index contributed by atoms with van der Waals surface area (Å²) in [5, 5.41) is 26.0. The molecular formula is C12H20O5. The molecule has 0 aromatic heterocycles. The molecule has 0 heterocycles. The van der Waals surface area contributed by atoms with Gasteiger partial charge in [-0.1, -0.05) is 18.6 Å². The van der Waals surface area contributed by atoms with Gasteiger partial charge in [-0.2, -0.15) is 0 Å². The molecule has 5 heteroatoms. The van der Waals surface area contributed by atoms with Gasteiger partial charge in [-0.3, -0.25) is 9.59 Å². The third kappa shape index (κ3) is 12.6. The van der Waals surface area contributed by atoms with Crippen LogP contribution in [0.1, 0.15) is 44.9 Å². The summed E-state index contributed by atoms with van der Waals surface area (Å²) in [6.45, 7) is 0.